The lowest BCUT2D eigenvalue weighted by Gasteiger charge is -2.20. The van der Waals surface area contributed by atoms with E-state index in [1.165, 1.54) is 36.2 Å². The number of benzene rings is 1. The number of rotatable bonds is 4. The molecule has 0 spiro atoms. The van der Waals surface area contributed by atoms with Crippen molar-refractivity contribution < 1.29 is 0 Å². The minimum absolute atomic E-state index is 0.722. The molecule has 106 valence electrons. The van der Waals surface area contributed by atoms with Gasteiger partial charge in [-0.2, -0.15) is 11.3 Å². The van der Waals surface area contributed by atoms with E-state index in [0.717, 1.165) is 12.6 Å². The summed E-state index contributed by atoms with van der Waals surface area (Å²) in [7, 11) is 4.37. The second-order valence-electron chi connectivity index (χ2n) is 5.85. The van der Waals surface area contributed by atoms with Crippen LogP contribution in [0.1, 0.15) is 12.0 Å². The third kappa shape index (κ3) is 3.11. The number of likely N-dealkylation sites (N-methyl/N-ethyl adjacent to an activating group) is 1. The van der Waals surface area contributed by atoms with Crippen LogP contribution in [0.2, 0.25) is 0 Å². The average molecular weight is 286 g/mol. The molecule has 1 atom stereocenters. The van der Waals surface area contributed by atoms with Crippen LogP contribution in [0.3, 0.4) is 0 Å². The van der Waals surface area contributed by atoms with Gasteiger partial charge in [0.15, 0.2) is 0 Å². The average Bonchev–Trinajstić information content (AvgIpc) is 3.10. The van der Waals surface area contributed by atoms with Gasteiger partial charge in [0.2, 0.25) is 0 Å². The molecule has 0 amide bonds. The molecule has 2 nitrogen and oxygen atoms in total. The monoisotopic (exact) mass is 286 g/mol. The second kappa shape index (κ2) is 6.08. The molecule has 1 aromatic carbocycles. The first-order valence-corrected chi connectivity index (χ1v) is 8.17. The van der Waals surface area contributed by atoms with Crippen molar-refractivity contribution in [2.45, 2.75) is 19.0 Å². The van der Waals surface area contributed by atoms with Crippen LogP contribution in [0.5, 0.6) is 0 Å². The van der Waals surface area contributed by atoms with Gasteiger partial charge in [0.25, 0.3) is 0 Å². The van der Waals surface area contributed by atoms with E-state index in [-0.39, 0.29) is 0 Å². The molecule has 0 saturated carbocycles. The molecular formula is C17H22N2S. The number of thiophene rings is 1. The largest absolute Gasteiger partial charge is 0.305 e. The van der Waals surface area contributed by atoms with Gasteiger partial charge < -0.3 is 4.90 Å². The molecule has 1 aliphatic rings. The Balaban J connectivity index is 1.62. The van der Waals surface area contributed by atoms with E-state index in [1.54, 1.807) is 11.3 Å². The first-order chi connectivity index (χ1) is 9.72. The molecule has 1 saturated heterocycles. The Kier molecular flexibility index (Phi) is 4.20. The summed E-state index contributed by atoms with van der Waals surface area (Å²) in [5.41, 5.74) is 4.07. The van der Waals surface area contributed by atoms with Crippen LogP contribution in [0.25, 0.3) is 11.1 Å². The van der Waals surface area contributed by atoms with Crippen LogP contribution in [-0.4, -0.2) is 43.0 Å². The Morgan fingerprint density at radius 2 is 1.95 bits per heavy atom. The maximum atomic E-state index is 2.56. The zero-order valence-electron chi connectivity index (χ0n) is 12.2. The van der Waals surface area contributed by atoms with Crippen molar-refractivity contribution in [1.29, 1.82) is 0 Å². The summed E-state index contributed by atoms with van der Waals surface area (Å²) in [4.78, 5) is 4.91. The molecule has 20 heavy (non-hydrogen) atoms. The fraction of sp³-hybridized carbons (Fsp3) is 0.412. The molecule has 0 N–H and O–H groups in total. The van der Waals surface area contributed by atoms with Gasteiger partial charge in [-0.25, -0.2) is 0 Å². The topological polar surface area (TPSA) is 6.48 Å². The number of hydrogen-bond donors (Lipinski definition) is 0. The van der Waals surface area contributed by atoms with Gasteiger partial charge in [0.1, 0.15) is 0 Å². The lowest BCUT2D eigenvalue weighted by atomic mass is 10.1. The molecular weight excluding hydrogens is 264 g/mol. The summed E-state index contributed by atoms with van der Waals surface area (Å²) in [6, 6.07) is 11.9. The van der Waals surface area contributed by atoms with E-state index in [2.05, 4.69) is 65.0 Å². The zero-order valence-corrected chi connectivity index (χ0v) is 13.1. The van der Waals surface area contributed by atoms with E-state index in [0.29, 0.717) is 0 Å². The van der Waals surface area contributed by atoms with Gasteiger partial charge in [0.05, 0.1) is 0 Å². The fourth-order valence-corrected chi connectivity index (χ4v) is 3.53. The number of likely N-dealkylation sites (tertiary alicyclic amines) is 1. The maximum Gasteiger partial charge on any atom is 0.0234 e. The van der Waals surface area contributed by atoms with Gasteiger partial charge in [-0.15, -0.1) is 0 Å². The highest BCUT2D eigenvalue weighted by molar-refractivity contribution is 7.08. The van der Waals surface area contributed by atoms with E-state index in [1.807, 2.05) is 0 Å². The van der Waals surface area contributed by atoms with Gasteiger partial charge in [-0.3, -0.25) is 4.90 Å². The normalized spacial score (nSPS) is 19.9. The van der Waals surface area contributed by atoms with Crippen molar-refractivity contribution >= 4 is 11.3 Å². The van der Waals surface area contributed by atoms with Gasteiger partial charge in [0, 0.05) is 25.7 Å². The lowest BCUT2D eigenvalue weighted by Crippen LogP contribution is -2.31. The SMILES string of the molecule is CN(C)C1CCN(Cc2ccc(-c3ccsc3)cc2)C1. The highest BCUT2D eigenvalue weighted by atomic mass is 32.1. The van der Waals surface area contributed by atoms with Crippen molar-refractivity contribution in [2.24, 2.45) is 0 Å². The second-order valence-corrected chi connectivity index (χ2v) is 6.63. The third-order valence-electron chi connectivity index (χ3n) is 4.19. The number of hydrogen-bond acceptors (Lipinski definition) is 3. The minimum Gasteiger partial charge on any atom is -0.305 e. The molecule has 3 heteroatoms. The molecule has 0 radical (unpaired) electrons. The van der Waals surface area contributed by atoms with Crippen LogP contribution in [0.4, 0.5) is 0 Å². The first kappa shape index (κ1) is 13.8. The van der Waals surface area contributed by atoms with Crippen molar-refractivity contribution in [3.8, 4) is 11.1 Å². The van der Waals surface area contributed by atoms with Gasteiger partial charge in [-0.1, -0.05) is 24.3 Å². The maximum absolute atomic E-state index is 2.56. The summed E-state index contributed by atoms with van der Waals surface area (Å²) in [6.45, 7) is 3.49. The molecule has 2 heterocycles. The Morgan fingerprint density at radius 3 is 2.55 bits per heavy atom. The van der Waals surface area contributed by atoms with Crippen LogP contribution in [0, 0.1) is 0 Å². The Morgan fingerprint density at radius 1 is 1.15 bits per heavy atom. The summed E-state index contributed by atoms with van der Waals surface area (Å²) in [5, 5.41) is 4.34. The van der Waals surface area contributed by atoms with Crippen LogP contribution in [-0.2, 0) is 6.54 Å². The number of nitrogens with zero attached hydrogens (tertiary/aromatic N) is 2. The van der Waals surface area contributed by atoms with Gasteiger partial charge in [-0.05, 0) is 54.0 Å². The smallest absolute Gasteiger partial charge is 0.0234 e. The van der Waals surface area contributed by atoms with Crippen LogP contribution >= 0.6 is 11.3 Å². The predicted octanol–water partition coefficient (Wildman–Crippen LogP) is 3.55. The molecule has 0 aliphatic carbocycles. The molecule has 0 bridgehead atoms. The molecule has 1 aromatic heterocycles. The predicted molar refractivity (Wildman–Crippen MR) is 87.1 cm³/mol. The Labute approximate surface area is 125 Å². The van der Waals surface area contributed by atoms with Crippen molar-refractivity contribution in [3.63, 3.8) is 0 Å². The van der Waals surface area contributed by atoms with E-state index >= 15 is 0 Å². The van der Waals surface area contributed by atoms with Crippen molar-refractivity contribution in [1.82, 2.24) is 9.80 Å². The molecule has 1 fully saturated rings. The Hall–Kier alpha value is -1.16. The molecule has 3 rings (SSSR count). The Bertz CT molecular complexity index is 531. The van der Waals surface area contributed by atoms with E-state index < -0.39 is 0 Å². The summed E-state index contributed by atoms with van der Waals surface area (Å²) < 4.78 is 0. The van der Waals surface area contributed by atoms with Crippen LogP contribution in [0.15, 0.2) is 41.1 Å². The van der Waals surface area contributed by atoms with Crippen molar-refractivity contribution in [2.75, 3.05) is 27.2 Å². The molecule has 1 unspecified atom stereocenters. The first-order valence-electron chi connectivity index (χ1n) is 7.22. The summed E-state index contributed by atoms with van der Waals surface area (Å²) >= 11 is 1.75. The molecule has 2 aromatic rings. The standard InChI is InChI=1S/C17H22N2S/c1-18(2)17-7-9-19(12-17)11-14-3-5-15(6-4-14)16-8-10-20-13-16/h3-6,8,10,13,17H,7,9,11-12H2,1-2H3. The fourth-order valence-electron chi connectivity index (χ4n) is 2.87. The van der Waals surface area contributed by atoms with E-state index in [9.17, 15) is 0 Å². The lowest BCUT2D eigenvalue weighted by molar-refractivity contribution is 0.264. The third-order valence-corrected chi connectivity index (χ3v) is 4.88. The van der Waals surface area contributed by atoms with Gasteiger partial charge >= 0.3 is 0 Å². The highest BCUT2D eigenvalue weighted by Gasteiger charge is 2.23. The summed E-state index contributed by atoms with van der Waals surface area (Å²) in [6.07, 6.45) is 1.29. The van der Waals surface area contributed by atoms with E-state index in [4.69, 9.17) is 0 Å². The quantitative estimate of drug-likeness (QED) is 0.848. The molecule has 1 aliphatic heterocycles. The highest BCUT2D eigenvalue weighted by Crippen LogP contribution is 2.23. The summed E-state index contributed by atoms with van der Waals surface area (Å²) in [5.74, 6) is 0. The van der Waals surface area contributed by atoms with Crippen LogP contribution < -0.4 is 0 Å². The van der Waals surface area contributed by atoms with Crippen molar-refractivity contribution in [3.05, 3.63) is 46.7 Å². The minimum atomic E-state index is 0.722. The zero-order chi connectivity index (χ0) is 13.9.